The highest BCUT2D eigenvalue weighted by Crippen LogP contribution is 2.01. The van der Waals surface area contributed by atoms with Gasteiger partial charge in [0.25, 0.3) is 0 Å². The molecular formula is C13H19NO2. The van der Waals surface area contributed by atoms with Crippen LogP contribution in [0.25, 0.3) is 0 Å². The molecule has 0 saturated heterocycles. The van der Waals surface area contributed by atoms with Crippen LogP contribution >= 0.6 is 0 Å². The molecule has 0 heterocycles. The van der Waals surface area contributed by atoms with E-state index in [0.29, 0.717) is 26.2 Å². The van der Waals surface area contributed by atoms with Crippen molar-refractivity contribution < 1.29 is 9.53 Å². The molecule has 0 amide bonds. The Balaban J connectivity index is 2.02. The Kier molecular flexibility index (Phi) is 6.45. The normalized spacial score (nSPS) is 10.3. The molecule has 0 saturated carbocycles. The summed E-state index contributed by atoms with van der Waals surface area (Å²) in [6.07, 6.45) is 1.39. The predicted molar refractivity (Wildman–Crippen MR) is 64.3 cm³/mol. The highest BCUT2D eigenvalue weighted by molar-refractivity contribution is 5.80. The molecule has 0 unspecified atom stereocenters. The fraction of sp³-hybridized carbons (Fsp3) is 0.462. The molecule has 0 spiro atoms. The summed E-state index contributed by atoms with van der Waals surface area (Å²) in [6.45, 7) is 1.73. The van der Waals surface area contributed by atoms with Crippen LogP contribution in [-0.2, 0) is 16.1 Å². The van der Waals surface area contributed by atoms with Crippen LogP contribution in [-0.4, -0.2) is 26.0 Å². The fourth-order valence-electron chi connectivity index (χ4n) is 1.42. The summed E-state index contributed by atoms with van der Waals surface area (Å²) in [4.78, 5) is 11.2. The highest BCUT2D eigenvalue weighted by atomic mass is 16.5. The summed E-state index contributed by atoms with van der Waals surface area (Å²) in [5.74, 6) is 0.241. The number of Topliss-reactive ketones (excluding diaryl/α,β-unsaturated/α-hetero) is 1. The highest BCUT2D eigenvalue weighted by Gasteiger charge is 1.99. The molecular weight excluding hydrogens is 202 g/mol. The molecule has 0 aliphatic carbocycles. The van der Waals surface area contributed by atoms with E-state index in [1.54, 1.807) is 7.05 Å². The van der Waals surface area contributed by atoms with Gasteiger partial charge < -0.3 is 10.1 Å². The number of likely N-dealkylation sites (N-methyl/N-ethyl adjacent to an activating group) is 1. The Morgan fingerprint density at radius 2 is 2.06 bits per heavy atom. The number of carbonyl (C=O) groups excluding carboxylic acids is 1. The maximum Gasteiger partial charge on any atom is 0.146 e. The lowest BCUT2D eigenvalue weighted by molar-refractivity contribution is -0.118. The first-order chi connectivity index (χ1) is 7.83. The Bertz CT molecular complexity index is 298. The van der Waals surface area contributed by atoms with Crippen molar-refractivity contribution in [1.82, 2.24) is 5.32 Å². The first-order valence-corrected chi connectivity index (χ1v) is 5.61. The lowest BCUT2D eigenvalue weighted by atomic mass is 10.2. The summed E-state index contributed by atoms with van der Waals surface area (Å²) in [5, 5.41) is 2.84. The van der Waals surface area contributed by atoms with E-state index in [1.807, 2.05) is 30.3 Å². The predicted octanol–water partition coefficient (Wildman–Crippen LogP) is 1.77. The fourth-order valence-corrected chi connectivity index (χ4v) is 1.42. The van der Waals surface area contributed by atoms with Gasteiger partial charge in [-0.05, 0) is 19.0 Å². The second-order valence-electron chi connectivity index (χ2n) is 3.71. The first-order valence-electron chi connectivity index (χ1n) is 5.61. The molecule has 0 atom stereocenters. The minimum absolute atomic E-state index is 0.241. The molecule has 1 aromatic carbocycles. The molecule has 16 heavy (non-hydrogen) atoms. The van der Waals surface area contributed by atoms with Gasteiger partial charge in [0.1, 0.15) is 5.78 Å². The van der Waals surface area contributed by atoms with E-state index in [9.17, 15) is 4.79 Å². The van der Waals surface area contributed by atoms with Crippen LogP contribution in [0.3, 0.4) is 0 Å². The van der Waals surface area contributed by atoms with Crippen LogP contribution in [0.1, 0.15) is 18.4 Å². The van der Waals surface area contributed by atoms with Crippen molar-refractivity contribution >= 4 is 5.78 Å². The van der Waals surface area contributed by atoms with E-state index < -0.39 is 0 Å². The molecule has 1 rings (SSSR count). The number of benzene rings is 1. The van der Waals surface area contributed by atoms with Gasteiger partial charge in [0.15, 0.2) is 0 Å². The molecule has 0 radical (unpaired) electrons. The zero-order chi connectivity index (χ0) is 11.6. The number of ketones is 1. The number of rotatable bonds is 8. The maximum absolute atomic E-state index is 11.2. The topological polar surface area (TPSA) is 38.3 Å². The lowest BCUT2D eigenvalue weighted by Gasteiger charge is -2.04. The van der Waals surface area contributed by atoms with Crippen LogP contribution in [0.15, 0.2) is 30.3 Å². The van der Waals surface area contributed by atoms with Crippen LogP contribution in [0.2, 0.25) is 0 Å². The van der Waals surface area contributed by atoms with Crippen LogP contribution in [0.4, 0.5) is 0 Å². The minimum atomic E-state index is 0.241. The Hall–Kier alpha value is -1.19. The summed E-state index contributed by atoms with van der Waals surface area (Å²) in [7, 11) is 1.78. The molecule has 3 heteroatoms. The Labute approximate surface area is 96.8 Å². The summed E-state index contributed by atoms with van der Waals surface area (Å²) in [6, 6.07) is 10.0. The van der Waals surface area contributed by atoms with Gasteiger partial charge >= 0.3 is 0 Å². The van der Waals surface area contributed by atoms with E-state index in [-0.39, 0.29) is 5.78 Å². The minimum Gasteiger partial charge on any atom is -0.377 e. The average molecular weight is 221 g/mol. The van der Waals surface area contributed by atoms with Gasteiger partial charge in [0.2, 0.25) is 0 Å². The Morgan fingerprint density at radius 1 is 1.31 bits per heavy atom. The maximum atomic E-state index is 11.2. The van der Waals surface area contributed by atoms with Crippen molar-refractivity contribution in [2.45, 2.75) is 19.4 Å². The van der Waals surface area contributed by atoms with Gasteiger partial charge in [-0.15, -0.1) is 0 Å². The van der Waals surface area contributed by atoms with Gasteiger partial charge in [-0.3, -0.25) is 4.79 Å². The van der Waals surface area contributed by atoms with Crippen LogP contribution in [0, 0.1) is 0 Å². The summed E-state index contributed by atoms with van der Waals surface area (Å²) >= 11 is 0. The molecule has 1 N–H and O–H groups in total. The standard InChI is InChI=1S/C13H19NO2/c1-14-10-13(15)8-5-9-16-11-12-6-3-2-4-7-12/h2-4,6-7,14H,5,8-11H2,1H3. The zero-order valence-electron chi connectivity index (χ0n) is 9.74. The molecule has 0 bridgehead atoms. The summed E-state index contributed by atoms with van der Waals surface area (Å²) < 4.78 is 5.48. The third kappa shape index (κ3) is 5.63. The average Bonchev–Trinajstić information content (AvgIpc) is 2.30. The van der Waals surface area contributed by atoms with E-state index in [4.69, 9.17) is 4.74 Å². The molecule has 0 aromatic heterocycles. The van der Waals surface area contributed by atoms with Gasteiger partial charge in [-0.1, -0.05) is 30.3 Å². The number of hydrogen-bond donors (Lipinski definition) is 1. The zero-order valence-corrected chi connectivity index (χ0v) is 9.74. The van der Waals surface area contributed by atoms with Crippen molar-refractivity contribution in [1.29, 1.82) is 0 Å². The summed E-state index contributed by atoms with van der Waals surface area (Å²) in [5.41, 5.74) is 1.17. The van der Waals surface area contributed by atoms with E-state index >= 15 is 0 Å². The van der Waals surface area contributed by atoms with Crippen molar-refractivity contribution in [2.75, 3.05) is 20.2 Å². The second kappa shape index (κ2) is 8.02. The smallest absolute Gasteiger partial charge is 0.146 e. The lowest BCUT2D eigenvalue weighted by Crippen LogP contribution is -2.18. The van der Waals surface area contributed by atoms with Gasteiger partial charge in [-0.2, -0.15) is 0 Å². The number of hydrogen-bond acceptors (Lipinski definition) is 3. The molecule has 88 valence electrons. The van der Waals surface area contributed by atoms with Crippen molar-refractivity contribution in [3.05, 3.63) is 35.9 Å². The number of ether oxygens (including phenoxy) is 1. The van der Waals surface area contributed by atoms with E-state index in [1.165, 1.54) is 5.56 Å². The molecule has 3 nitrogen and oxygen atoms in total. The quantitative estimate of drug-likeness (QED) is 0.680. The van der Waals surface area contributed by atoms with Crippen molar-refractivity contribution in [3.8, 4) is 0 Å². The second-order valence-corrected chi connectivity index (χ2v) is 3.71. The van der Waals surface area contributed by atoms with Crippen molar-refractivity contribution in [2.24, 2.45) is 0 Å². The molecule has 0 aliphatic heterocycles. The number of nitrogens with one attached hydrogen (secondary N) is 1. The first kappa shape index (κ1) is 12.9. The Morgan fingerprint density at radius 3 is 2.75 bits per heavy atom. The van der Waals surface area contributed by atoms with Gasteiger partial charge in [0, 0.05) is 13.0 Å². The monoisotopic (exact) mass is 221 g/mol. The molecule has 0 fully saturated rings. The van der Waals surface area contributed by atoms with Gasteiger partial charge in [-0.25, -0.2) is 0 Å². The molecule has 1 aromatic rings. The third-order valence-electron chi connectivity index (χ3n) is 2.23. The van der Waals surface area contributed by atoms with Crippen LogP contribution in [0.5, 0.6) is 0 Å². The SMILES string of the molecule is CNCC(=O)CCCOCc1ccccc1. The van der Waals surface area contributed by atoms with E-state index in [2.05, 4.69) is 5.32 Å². The van der Waals surface area contributed by atoms with E-state index in [0.717, 1.165) is 6.42 Å². The number of carbonyl (C=O) groups is 1. The van der Waals surface area contributed by atoms with Crippen LogP contribution < -0.4 is 5.32 Å². The molecule has 0 aliphatic rings. The third-order valence-corrected chi connectivity index (χ3v) is 2.23. The van der Waals surface area contributed by atoms with Crippen molar-refractivity contribution in [3.63, 3.8) is 0 Å². The van der Waals surface area contributed by atoms with Gasteiger partial charge in [0.05, 0.1) is 13.2 Å². The largest absolute Gasteiger partial charge is 0.377 e.